The lowest BCUT2D eigenvalue weighted by Crippen LogP contribution is -2.13. The molecule has 0 spiro atoms. The number of halogens is 3. The zero-order valence-corrected chi connectivity index (χ0v) is 8.41. The van der Waals surface area contributed by atoms with E-state index in [1.54, 1.807) is 6.92 Å². The van der Waals surface area contributed by atoms with E-state index in [1.165, 1.54) is 0 Å². The summed E-state index contributed by atoms with van der Waals surface area (Å²) in [6.45, 7) is 1.78. The average molecular weight is 234 g/mol. The minimum absolute atomic E-state index is 0.0759. The first-order valence-electron chi connectivity index (χ1n) is 4.48. The Balaban J connectivity index is 3.11. The van der Waals surface area contributed by atoms with Crippen LogP contribution < -0.4 is 4.74 Å². The SMILES string of the molecule is CCOc1nc(C(F)(F)F)ncc1CC=O. The van der Waals surface area contributed by atoms with Gasteiger partial charge in [0.05, 0.1) is 6.61 Å². The summed E-state index contributed by atoms with van der Waals surface area (Å²) in [6.07, 6.45) is -3.19. The Hall–Kier alpha value is -1.66. The van der Waals surface area contributed by atoms with E-state index in [2.05, 4.69) is 9.97 Å². The van der Waals surface area contributed by atoms with Gasteiger partial charge in [-0.1, -0.05) is 0 Å². The van der Waals surface area contributed by atoms with Crippen molar-refractivity contribution in [2.24, 2.45) is 0 Å². The van der Waals surface area contributed by atoms with E-state index in [9.17, 15) is 18.0 Å². The molecule has 1 aromatic rings. The number of hydrogen-bond donors (Lipinski definition) is 0. The number of aromatic nitrogens is 2. The summed E-state index contributed by atoms with van der Waals surface area (Å²) in [5.41, 5.74) is 0.241. The first-order chi connectivity index (χ1) is 7.49. The van der Waals surface area contributed by atoms with Crippen molar-refractivity contribution < 1.29 is 22.7 Å². The summed E-state index contributed by atoms with van der Waals surface area (Å²) >= 11 is 0. The summed E-state index contributed by atoms with van der Waals surface area (Å²) in [4.78, 5) is 16.7. The molecule has 0 aliphatic rings. The third-order valence-electron chi connectivity index (χ3n) is 1.66. The van der Waals surface area contributed by atoms with Gasteiger partial charge < -0.3 is 9.53 Å². The number of aldehydes is 1. The molecule has 1 rings (SSSR count). The predicted octanol–water partition coefficient (Wildman–Crippen LogP) is 1.64. The highest BCUT2D eigenvalue weighted by atomic mass is 19.4. The average Bonchev–Trinajstić information content (AvgIpc) is 2.19. The van der Waals surface area contributed by atoms with Gasteiger partial charge in [-0.2, -0.15) is 18.2 Å². The molecule has 16 heavy (non-hydrogen) atoms. The predicted molar refractivity (Wildman–Crippen MR) is 48.0 cm³/mol. The van der Waals surface area contributed by atoms with Gasteiger partial charge in [-0.15, -0.1) is 0 Å². The Morgan fingerprint density at radius 1 is 1.50 bits per heavy atom. The standard InChI is InChI=1S/C9H9F3N2O2/c1-2-16-7-6(3-4-15)5-13-8(14-7)9(10,11)12/h4-5H,2-3H2,1H3. The molecule has 0 N–H and O–H groups in total. The second-order valence-corrected chi connectivity index (χ2v) is 2.83. The third-order valence-corrected chi connectivity index (χ3v) is 1.66. The van der Waals surface area contributed by atoms with Crippen LogP contribution in [0, 0.1) is 0 Å². The van der Waals surface area contributed by atoms with Crippen LogP contribution in [0.4, 0.5) is 13.2 Å². The fourth-order valence-corrected chi connectivity index (χ4v) is 1.02. The summed E-state index contributed by atoms with van der Waals surface area (Å²) < 4.78 is 41.7. The van der Waals surface area contributed by atoms with Gasteiger partial charge in [0.25, 0.3) is 0 Å². The second kappa shape index (κ2) is 4.91. The Morgan fingerprint density at radius 2 is 2.19 bits per heavy atom. The first kappa shape index (κ1) is 12.4. The lowest BCUT2D eigenvalue weighted by molar-refractivity contribution is -0.145. The van der Waals surface area contributed by atoms with Crippen LogP contribution in [0.5, 0.6) is 5.88 Å². The van der Waals surface area contributed by atoms with Crippen molar-refractivity contribution >= 4 is 6.29 Å². The van der Waals surface area contributed by atoms with Crippen LogP contribution >= 0.6 is 0 Å². The molecule has 0 aliphatic carbocycles. The van der Waals surface area contributed by atoms with E-state index in [-0.39, 0.29) is 24.5 Å². The van der Waals surface area contributed by atoms with Gasteiger partial charge in [0.1, 0.15) is 6.29 Å². The number of rotatable bonds is 4. The van der Waals surface area contributed by atoms with Crippen LogP contribution in [0.1, 0.15) is 18.3 Å². The fraction of sp³-hybridized carbons (Fsp3) is 0.444. The van der Waals surface area contributed by atoms with E-state index >= 15 is 0 Å². The van der Waals surface area contributed by atoms with Crippen molar-refractivity contribution in [3.63, 3.8) is 0 Å². The molecule has 0 unspecified atom stereocenters. The largest absolute Gasteiger partial charge is 0.478 e. The van der Waals surface area contributed by atoms with Crippen molar-refractivity contribution in [2.75, 3.05) is 6.61 Å². The number of hydrogen-bond acceptors (Lipinski definition) is 4. The molecule has 4 nitrogen and oxygen atoms in total. The van der Waals surface area contributed by atoms with Crippen LogP contribution in [0.25, 0.3) is 0 Å². The van der Waals surface area contributed by atoms with Crippen LogP contribution in [0.3, 0.4) is 0 Å². The quantitative estimate of drug-likeness (QED) is 0.743. The molecule has 0 aromatic carbocycles. The highest BCUT2D eigenvalue weighted by Gasteiger charge is 2.35. The summed E-state index contributed by atoms with van der Waals surface area (Å²) in [6, 6.07) is 0. The van der Waals surface area contributed by atoms with E-state index in [4.69, 9.17) is 4.74 Å². The second-order valence-electron chi connectivity index (χ2n) is 2.83. The normalized spacial score (nSPS) is 11.2. The molecule has 7 heteroatoms. The van der Waals surface area contributed by atoms with Gasteiger partial charge in [-0.3, -0.25) is 0 Å². The Kier molecular flexibility index (Phi) is 3.81. The van der Waals surface area contributed by atoms with Crippen molar-refractivity contribution in [3.8, 4) is 5.88 Å². The molecule has 88 valence electrons. The molecule has 1 heterocycles. The van der Waals surface area contributed by atoms with Crippen LogP contribution in [-0.2, 0) is 17.4 Å². The van der Waals surface area contributed by atoms with Crippen LogP contribution in [0.2, 0.25) is 0 Å². The molecule has 0 amide bonds. The van der Waals surface area contributed by atoms with Gasteiger partial charge in [-0.05, 0) is 6.92 Å². The maximum Gasteiger partial charge on any atom is 0.451 e. The van der Waals surface area contributed by atoms with Crippen molar-refractivity contribution in [3.05, 3.63) is 17.6 Å². The lowest BCUT2D eigenvalue weighted by Gasteiger charge is -2.10. The summed E-state index contributed by atoms with van der Waals surface area (Å²) in [7, 11) is 0. The van der Waals surface area contributed by atoms with Crippen molar-refractivity contribution in [1.29, 1.82) is 0 Å². The number of carbonyl (C=O) groups is 1. The van der Waals surface area contributed by atoms with Crippen molar-refractivity contribution in [1.82, 2.24) is 9.97 Å². The first-order valence-corrected chi connectivity index (χ1v) is 4.48. The maximum absolute atomic E-state index is 12.3. The minimum Gasteiger partial charge on any atom is -0.478 e. The van der Waals surface area contributed by atoms with Gasteiger partial charge in [0.2, 0.25) is 11.7 Å². The molecule has 0 saturated heterocycles. The fourth-order valence-electron chi connectivity index (χ4n) is 1.02. The lowest BCUT2D eigenvalue weighted by atomic mass is 10.2. The molecular formula is C9H9F3N2O2. The number of nitrogens with zero attached hydrogens (tertiary/aromatic N) is 2. The third kappa shape index (κ3) is 2.91. The number of ether oxygens (including phenoxy) is 1. The van der Waals surface area contributed by atoms with E-state index in [1.807, 2.05) is 0 Å². The van der Waals surface area contributed by atoms with E-state index in [0.29, 0.717) is 6.29 Å². The van der Waals surface area contributed by atoms with Crippen LogP contribution in [-0.4, -0.2) is 22.9 Å². The van der Waals surface area contributed by atoms with Gasteiger partial charge in [-0.25, -0.2) is 4.98 Å². The Morgan fingerprint density at radius 3 is 2.69 bits per heavy atom. The molecule has 0 radical (unpaired) electrons. The van der Waals surface area contributed by atoms with Crippen molar-refractivity contribution in [2.45, 2.75) is 19.5 Å². The molecule has 0 saturated carbocycles. The zero-order valence-electron chi connectivity index (χ0n) is 8.41. The van der Waals surface area contributed by atoms with Gasteiger partial charge in [0, 0.05) is 18.2 Å². The maximum atomic E-state index is 12.3. The smallest absolute Gasteiger partial charge is 0.451 e. The monoisotopic (exact) mass is 234 g/mol. The minimum atomic E-state index is -4.62. The Bertz CT molecular complexity index is 380. The highest BCUT2D eigenvalue weighted by molar-refractivity contribution is 5.56. The molecule has 0 fully saturated rings. The number of carbonyl (C=O) groups excluding carboxylic acids is 1. The zero-order chi connectivity index (χ0) is 12.2. The highest BCUT2D eigenvalue weighted by Crippen LogP contribution is 2.28. The summed E-state index contributed by atoms with van der Waals surface area (Å²) in [5.74, 6) is -1.47. The van der Waals surface area contributed by atoms with Gasteiger partial charge >= 0.3 is 6.18 Å². The van der Waals surface area contributed by atoms with Crippen LogP contribution in [0.15, 0.2) is 6.20 Å². The summed E-state index contributed by atoms with van der Waals surface area (Å²) in [5, 5.41) is 0. The van der Waals surface area contributed by atoms with E-state index < -0.39 is 12.0 Å². The molecule has 0 atom stereocenters. The Labute approximate surface area is 89.5 Å². The van der Waals surface area contributed by atoms with Gasteiger partial charge in [0.15, 0.2) is 0 Å². The number of alkyl halides is 3. The molecule has 0 bridgehead atoms. The molecule has 0 aliphatic heterocycles. The topological polar surface area (TPSA) is 52.1 Å². The molecule has 1 aromatic heterocycles. The molecular weight excluding hydrogens is 225 g/mol. The van der Waals surface area contributed by atoms with E-state index in [0.717, 1.165) is 6.20 Å².